The van der Waals surface area contributed by atoms with Crippen molar-refractivity contribution in [1.29, 1.82) is 0 Å². The molecule has 1 fully saturated rings. The minimum atomic E-state index is -1.01. The molecule has 3 amide bonds. The third-order valence-electron chi connectivity index (χ3n) is 4.69. The van der Waals surface area contributed by atoms with E-state index in [2.05, 4.69) is 16.1 Å². The van der Waals surface area contributed by atoms with Crippen molar-refractivity contribution < 1.29 is 28.7 Å². The first-order valence-corrected chi connectivity index (χ1v) is 10.2. The summed E-state index contributed by atoms with van der Waals surface area (Å²) in [5, 5.41) is 6.53. The molecule has 0 aromatic rings. The van der Waals surface area contributed by atoms with Crippen molar-refractivity contribution in [3.63, 3.8) is 0 Å². The highest BCUT2D eigenvalue weighted by Crippen LogP contribution is 2.20. The van der Waals surface area contributed by atoms with E-state index in [0.29, 0.717) is 19.4 Å². The number of nitrogens with zero attached hydrogens (tertiary/aromatic N) is 1. The number of methoxy groups -OCH3 is 1. The van der Waals surface area contributed by atoms with Crippen LogP contribution in [0.2, 0.25) is 0 Å². The second kappa shape index (κ2) is 10.1. The molecular formula is C20H36N4O6. The fraction of sp³-hybridized carbons (Fsp3) is 0.800. The first-order chi connectivity index (χ1) is 13.7. The van der Waals surface area contributed by atoms with Gasteiger partial charge in [-0.1, -0.05) is 13.8 Å². The van der Waals surface area contributed by atoms with Gasteiger partial charge in [0, 0.05) is 6.54 Å². The third kappa shape index (κ3) is 7.16. The van der Waals surface area contributed by atoms with Gasteiger partial charge in [0.15, 0.2) is 0 Å². The van der Waals surface area contributed by atoms with Crippen LogP contribution in [-0.2, 0) is 23.9 Å². The van der Waals surface area contributed by atoms with Crippen LogP contribution in [0.1, 0.15) is 61.3 Å². The molecule has 0 saturated carbocycles. The zero-order valence-electron chi connectivity index (χ0n) is 19.3. The molecule has 0 radical (unpaired) electrons. The van der Waals surface area contributed by atoms with Gasteiger partial charge in [-0.05, 0) is 53.4 Å². The second-order valence-electron chi connectivity index (χ2n) is 9.13. The van der Waals surface area contributed by atoms with Gasteiger partial charge < -0.3 is 20.1 Å². The molecule has 3 N–H and O–H groups in total. The van der Waals surface area contributed by atoms with Crippen LogP contribution in [0.15, 0.2) is 0 Å². The Morgan fingerprint density at radius 2 is 1.70 bits per heavy atom. The van der Waals surface area contributed by atoms with Crippen molar-refractivity contribution in [2.75, 3.05) is 13.7 Å². The van der Waals surface area contributed by atoms with Crippen LogP contribution in [0.4, 0.5) is 4.79 Å². The molecular weight excluding hydrogens is 392 g/mol. The predicted molar refractivity (Wildman–Crippen MR) is 110 cm³/mol. The summed E-state index contributed by atoms with van der Waals surface area (Å²) in [6, 6.07) is -1.74. The number of amides is 3. The topological polar surface area (TPSA) is 126 Å². The first-order valence-electron chi connectivity index (χ1n) is 10.2. The number of rotatable bonds is 6. The summed E-state index contributed by atoms with van der Waals surface area (Å²) in [4.78, 5) is 49.6. The monoisotopic (exact) mass is 428 g/mol. The Hall–Kier alpha value is -2.36. The van der Waals surface area contributed by atoms with Crippen molar-refractivity contribution in [2.45, 2.75) is 84.5 Å². The molecule has 1 aliphatic rings. The van der Waals surface area contributed by atoms with Gasteiger partial charge in [-0.2, -0.15) is 0 Å². The van der Waals surface area contributed by atoms with Crippen molar-refractivity contribution in [3.8, 4) is 0 Å². The van der Waals surface area contributed by atoms with Gasteiger partial charge in [-0.25, -0.2) is 10.2 Å². The predicted octanol–water partition coefficient (Wildman–Crippen LogP) is 1.10. The van der Waals surface area contributed by atoms with Gasteiger partial charge in [0.05, 0.1) is 7.11 Å². The highest BCUT2D eigenvalue weighted by molar-refractivity contribution is 5.91. The average molecular weight is 429 g/mol. The minimum Gasteiger partial charge on any atom is -0.468 e. The molecule has 10 nitrogen and oxygen atoms in total. The molecule has 1 saturated heterocycles. The number of hydrazine groups is 1. The maximum absolute atomic E-state index is 12.8. The van der Waals surface area contributed by atoms with Crippen LogP contribution in [-0.4, -0.2) is 65.8 Å². The summed E-state index contributed by atoms with van der Waals surface area (Å²) < 4.78 is 10.0. The van der Waals surface area contributed by atoms with Gasteiger partial charge in [-0.3, -0.25) is 19.4 Å². The third-order valence-corrected chi connectivity index (χ3v) is 4.69. The standard InChI is InChI=1S/C20H36N4O6/c1-12(2)14(22-18(28)30-19(4,5)6)15(25)21-13(3)16(26)24-11-9-10-20(7,23-24)17(27)29-8/h12-14,23H,9-11H2,1-8H3,(H,21,25)(H,22,28)/t13-,14?,20?/m0/s1. The molecule has 3 atom stereocenters. The van der Waals surface area contributed by atoms with E-state index in [-0.39, 0.29) is 5.92 Å². The number of nitrogens with one attached hydrogen (secondary N) is 3. The van der Waals surface area contributed by atoms with Gasteiger partial charge >= 0.3 is 12.1 Å². The molecule has 0 aromatic heterocycles. The Kier molecular flexibility index (Phi) is 8.64. The van der Waals surface area contributed by atoms with E-state index < -0.39 is 47.1 Å². The highest BCUT2D eigenvalue weighted by Gasteiger charge is 2.41. The first kappa shape index (κ1) is 25.7. The van der Waals surface area contributed by atoms with Crippen LogP contribution in [0.25, 0.3) is 0 Å². The summed E-state index contributed by atoms with van der Waals surface area (Å²) in [5.41, 5.74) is 1.21. The Morgan fingerprint density at radius 3 is 2.20 bits per heavy atom. The lowest BCUT2D eigenvalue weighted by Crippen LogP contribution is -2.65. The van der Waals surface area contributed by atoms with Crippen molar-refractivity contribution in [2.24, 2.45) is 5.92 Å². The quantitative estimate of drug-likeness (QED) is 0.541. The lowest BCUT2D eigenvalue weighted by atomic mass is 9.94. The molecule has 0 aliphatic carbocycles. The van der Waals surface area contributed by atoms with E-state index in [1.807, 2.05) is 0 Å². The lowest BCUT2D eigenvalue weighted by molar-refractivity contribution is -0.157. The number of carbonyl (C=O) groups excluding carboxylic acids is 4. The van der Waals surface area contributed by atoms with E-state index in [9.17, 15) is 19.2 Å². The van der Waals surface area contributed by atoms with Gasteiger partial charge in [0.25, 0.3) is 5.91 Å². The van der Waals surface area contributed by atoms with Crippen molar-refractivity contribution >= 4 is 23.9 Å². The molecule has 10 heteroatoms. The minimum absolute atomic E-state index is 0.226. The zero-order chi connectivity index (χ0) is 23.3. The van der Waals surface area contributed by atoms with Crippen LogP contribution in [0.5, 0.6) is 0 Å². The molecule has 0 aromatic carbocycles. The van der Waals surface area contributed by atoms with Crippen LogP contribution in [0, 0.1) is 5.92 Å². The Labute approximate surface area is 178 Å². The second-order valence-corrected chi connectivity index (χ2v) is 9.13. The lowest BCUT2D eigenvalue weighted by Gasteiger charge is -2.40. The van der Waals surface area contributed by atoms with Crippen LogP contribution >= 0.6 is 0 Å². The van der Waals surface area contributed by atoms with E-state index >= 15 is 0 Å². The fourth-order valence-corrected chi connectivity index (χ4v) is 3.11. The molecule has 0 spiro atoms. The summed E-state index contributed by atoms with van der Waals surface area (Å²) in [6.07, 6.45) is 0.432. The Morgan fingerprint density at radius 1 is 1.10 bits per heavy atom. The number of carbonyl (C=O) groups is 4. The van der Waals surface area contributed by atoms with Crippen LogP contribution in [0.3, 0.4) is 0 Å². The number of esters is 1. The molecule has 1 rings (SSSR count). The molecule has 1 heterocycles. The van der Waals surface area contributed by atoms with Crippen LogP contribution < -0.4 is 16.1 Å². The van der Waals surface area contributed by atoms with E-state index in [4.69, 9.17) is 9.47 Å². The van der Waals surface area contributed by atoms with Gasteiger partial charge in [0.1, 0.15) is 23.2 Å². The number of alkyl carbamates (subject to hydrolysis) is 1. The van der Waals surface area contributed by atoms with E-state index in [0.717, 1.165) is 0 Å². The normalized spacial score (nSPS) is 21.4. The van der Waals surface area contributed by atoms with E-state index in [1.165, 1.54) is 12.1 Å². The van der Waals surface area contributed by atoms with E-state index in [1.54, 1.807) is 48.5 Å². The molecule has 30 heavy (non-hydrogen) atoms. The molecule has 172 valence electrons. The Balaban J connectivity index is 2.77. The number of hydrogen-bond donors (Lipinski definition) is 3. The number of ether oxygens (including phenoxy) is 2. The number of hydrogen-bond acceptors (Lipinski definition) is 7. The largest absolute Gasteiger partial charge is 0.468 e. The maximum Gasteiger partial charge on any atom is 0.408 e. The van der Waals surface area contributed by atoms with Crippen molar-refractivity contribution in [1.82, 2.24) is 21.1 Å². The summed E-state index contributed by atoms with van der Waals surface area (Å²) in [6.45, 7) is 12.4. The van der Waals surface area contributed by atoms with Gasteiger partial charge in [0.2, 0.25) is 5.91 Å². The summed E-state index contributed by atoms with van der Waals surface area (Å²) in [5.74, 6) is -1.57. The molecule has 0 bridgehead atoms. The average Bonchev–Trinajstić information content (AvgIpc) is 2.62. The summed E-state index contributed by atoms with van der Waals surface area (Å²) >= 11 is 0. The molecule has 1 aliphatic heterocycles. The Bertz CT molecular complexity index is 660. The summed E-state index contributed by atoms with van der Waals surface area (Å²) in [7, 11) is 1.29. The maximum atomic E-state index is 12.8. The highest BCUT2D eigenvalue weighted by atomic mass is 16.6. The SMILES string of the molecule is COC(=O)C1(C)CCCN(C(=O)[C@H](C)NC(=O)C(NC(=O)OC(C)(C)C)C(C)C)N1. The zero-order valence-corrected chi connectivity index (χ0v) is 19.3. The smallest absolute Gasteiger partial charge is 0.408 e. The fourth-order valence-electron chi connectivity index (χ4n) is 3.11. The molecule has 2 unspecified atom stereocenters. The van der Waals surface area contributed by atoms with Gasteiger partial charge in [-0.15, -0.1) is 0 Å². The van der Waals surface area contributed by atoms with Crippen molar-refractivity contribution in [3.05, 3.63) is 0 Å².